The van der Waals surface area contributed by atoms with Gasteiger partial charge in [0.1, 0.15) is 5.52 Å². The highest BCUT2D eigenvalue weighted by Gasteiger charge is 2.51. The molecular formula is C18H24N2O2. The minimum atomic E-state index is -0.651. The Bertz CT molecular complexity index is 691. The summed E-state index contributed by atoms with van der Waals surface area (Å²) in [6.07, 6.45) is 4.40. The largest absolute Gasteiger partial charge is 0.443 e. The lowest BCUT2D eigenvalue weighted by Crippen LogP contribution is -2.52. The van der Waals surface area contributed by atoms with Gasteiger partial charge >= 0.3 is 0 Å². The molecule has 2 N–H and O–H groups in total. The van der Waals surface area contributed by atoms with E-state index >= 15 is 0 Å². The molecule has 0 aliphatic heterocycles. The second-order valence-electron chi connectivity index (χ2n) is 7.08. The molecule has 1 heterocycles. The van der Waals surface area contributed by atoms with Crippen molar-refractivity contribution < 1.29 is 9.21 Å². The zero-order chi connectivity index (χ0) is 15.9. The number of amides is 1. The lowest BCUT2D eigenvalue weighted by molar-refractivity contribution is -0.128. The summed E-state index contributed by atoms with van der Waals surface area (Å²) in [6, 6.07) is 5.82. The number of oxazole rings is 1. The predicted octanol–water partition coefficient (Wildman–Crippen LogP) is 3.64. The maximum absolute atomic E-state index is 12.7. The van der Waals surface area contributed by atoms with Gasteiger partial charge in [-0.05, 0) is 42.2 Å². The van der Waals surface area contributed by atoms with E-state index in [1.807, 2.05) is 18.2 Å². The highest BCUT2D eigenvalue weighted by molar-refractivity contribution is 5.92. The van der Waals surface area contributed by atoms with Crippen molar-refractivity contribution >= 4 is 17.0 Å². The number of fused-ring (bicyclic) bond motifs is 1. The Labute approximate surface area is 131 Å². The SMILES string of the molecule is CC1CCC(C(C)C)C(C(N)=O)(c2cccc3ocnc23)C1. The number of primary amides is 1. The van der Waals surface area contributed by atoms with Gasteiger partial charge < -0.3 is 10.2 Å². The van der Waals surface area contributed by atoms with Crippen LogP contribution in [0.4, 0.5) is 0 Å². The molecule has 1 fully saturated rings. The van der Waals surface area contributed by atoms with Gasteiger partial charge in [-0.2, -0.15) is 0 Å². The summed E-state index contributed by atoms with van der Waals surface area (Å²) < 4.78 is 5.43. The van der Waals surface area contributed by atoms with E-state index < -0.39 is 5.41 Å². The lowest BCUT2D eigenvalue weighted by Gasteiger charge is -2.46. The molecule has 2 aromatic rings. The molecule has 3 atom stereocenters. The van der Waals surface area contributed by atoms with Crippen LogP contribution in [0.15, 0.2) is 29.0 Å². The van der Waals surface area contributed by atoms with Crippen molar-refractivity contribution in [3.05, 3.63) is 30.2 Å². The standard InChI is InChI=1S/C18H24N2O2/c1-11(2)13-8-7-12(3)9-18(13,17(19)21)14-5-4-6-15-16(14)20-10-22-15/h4-6,10-13H,7-9H2,1-3H3,(H2,19,21). The molecule has 0 saturated heterocycles. The Balaban J connectivity index is 2.26. The number of benzene rings is 1. The third-order valence-electron chi connectivity index (χ3n) is 5.36. The van der Waals surface area contributed by atoms with E-state index in [0.717, 1.165) is 35.9 Å². The van der Waals surface area contributed by atoms with E-state index in [1.165, 1.54) is 6.39 Å². The molecular weight excluding hydrogens is 276 g/mol. The van der Waals surface area contributed by atoms with Gasteiger partial charge in [0, 0.05) is 0 Å². The Kier molecular flexibility index (Phi) is 3.71. The van der Waals surface area contributed by atoms with Crippen molar-refractivity contribution in [1.29, 1.82) is 0 Å². The Morgan fingerprint density at radius 2 is 2.18 bits per heavy atom. The number of hydrogen-bond acceptors (Lipinski definition) is 3. The first-order valence-electron chi connectivity index (χ1n) is 8.09. The number of para-hydroxylation sites is 1. The Morgan fingerprint density at radius 3 is 2.86 bits per heavy atom. The molecule has 0 bridgehead atoms. The highest BCUT2D eigenvalue weighted by atomic mass is 16.3. The van der Waals surface area contributed by atoms with Crippen LogP contribution in [-0.4, -0.2) is 10.9 Å². The smallest absolute Gasteiger partial charge is 0.228 e. The van der Waals surface area contributed by atoms with Crippen LogP contribution >= 0.6 is 0 Å². The topological polar surface area (TPSA) is 69.1 Å². The maximum atomic E-state index is 12.7. The lowest BCUT2D eigenvalue weighted by atomic mass is 9.56. The second-order valence-corrected chi connectivity index (χ2v) is 7.08. The number of carbonyl (C=O) groups is 1. The third-order valence-corrected chi connectivity index (χ3v) is 5.36. The van der Waals surface area contributed by atoms with Crippen LogP contribution in [0.25, 0.3) is 11.1 Å². The summed E-state index contributed by atoms with van der Waals surface area (Å²) >= 11 is 0. The summed E-state index contributed by atoms with van der Waals surface area (Å²) in [5, 5.41) is 0. The second kappa shape index (κ2) is 5.41. The number of hydrogen-bond donors (Lipinski definition) is 1. The van der Waals surface area contributed by atoms with E-state index in [2.05, 4.69) is 25.8 Å². The van der Waals surface area contributed by atoms with Crippen molar-refractivity contribution in [3.8, 4) is 0 Å². The molecule has 1 aliphatic carbocycles. The first-order valence-corrected chi connectivity index (χ1v) is 8.09. The first kappa shape index (κ1) is 15.1. The molecule has 1 aromatic heterocycles. The van der Waals surface area contributed by atoms with Crippen LogP contribution in [0.5, 0.6) is 0 Å². The molecule has 4 nitrogen and oxygen atoms in total. The number of nitrogens with zero attached hydrogens (tertiary/aromatic N) is 1. The summed E-state index contributed by atoms with van der Waals surface area (Å²) in [4.78, 5) is 17.0. The number of aromatic nitrogens is 1. The van der Waals surface area contributed by atoms with E-state index in [9.17, 15) is 4.79 Å². The average Bonchev–Trinajstić information content (AvgIpc) is 2.94. The predicted molar refractivity (Wildman–Crippen MR) is 86.2 cm³/mol. The molecule has 3 unspecified atom stereocenters. The number of nitrogens with two attached hydrogens (primary N) is 1. The van der Waals surface area contributed by atoms with E-state index in [0.29, 0.717) is 11.8 Å². The molecule has 1 aliphatic rings. The Morgan fingerprint density at radius 1 is 1.41 bits per heavy atom. The van der Waals surface area contributed by atoms with E-state index in [-0.39, 0.29) is 11.8 Å². The van der Waals surface area contributed by atoms with Gasteiger partial charge in [-0.25, -0.2) is 4.98 Å². The molecule has 0 spiro atoms. The van der Waals surface area contributed by atoms with Crippen LogP contribution in [0.1, 0.15) is 45.6 Å². The maximum Gasteiger partial charge on any atom is 0.228 e. The molecule has 118 valence electrons. The van der Waals surface area contributed by atoms with E-state index in [4.69, 9.17) is 10.2 Å². The minimum absolute atomic E-state index is 0.228. The summed E-state index contributed by atoms with van der Waals surface area (Å²) in [6.45, 7) is 6.57. The number of carbonyl (C=O) groups excluding carboxylic acids is 1. The fraction of sp³-hybridized carbons (Fsp3) is 0.556. The van der Waals surface area contributed by atoms with Gasteiger partial charge in [0.2, 0.25) is 5.91 Å². The molecule has 22 heavy (non-hydrogen) atoms. The summed E-state index contributed by atoms with van der Waals surface area (Å²) in [5.74, 6) is 0.878. The van der Waals surface area contributed by atoms with Crippen molar-refractivity contribution in [3.63, 3.8) is 0 Å². The van der Waals surface area contributed by atoms with Crippen LogP contribution in [0, 0.1) is 17.8 Å². The van der Waals surface area contributed by atoms with E-state index in [1.54, 1.807) is 0 Å². The van der Waals surface area contributed by atoms with Crippen LogP contribution < -0.4 is 5.73 Å². The summed E-state index contributed by atoms with van der Waals surface area (Å²) in [7, 11) is 0. The third kappa shape index (κ3) is 2.13. The van der Waals surface area contributed by atoms with Crippen LogP contribution in [0.3, 0.4) is 0 Å². The fourth-order valence-corrected chi connectivity index (χ4v) is 4.39. The van der Waals surface area contributed by atoms with Crippen molar-refractivity contribution in [2.24, 2.45) is 23.5 Å². The average molecular weight is 300 g/mol. The zero-order valence-electron chi connectivity index (χ0n) is 13.5. The molecule has 1 amide bonds. The quantitative estimate of drug-likeness (QED) is 0.940. The van der Waals surface area contributed by atoms with Crippen molar-refractivity contribution in [1.82, 2.24) is 4.98 Å². The van der Waals surface area contributed by atoms with Gasteiger partial charge in [0.05, 0.1) is 5.41 Å². The zero-order valence-corrected chi connectivity index (χ0v) is 13.5. The molecule has 4 heteroatoms. The van der Waals surface area contributed by atoms with Gasteiger partial charge in [-0.1, -0.05) is 39.3 Å². The van der Waals surface area contributed by atoms with Gasteiger partial charge in [0.15, 0.2) is 12.0 Å². The first-order chi connectivity index (χ1) is 10.5. The normalized spacial score (nSPS) is 29.1. The van der Waals surface area contributed by atoms with Crippen molar-refractivity contribution in [2.75, 3.05) is 0 Å². The molecule has 3 rings (SSSR count). The van der Waals surface area contributed by atoms with Gasteiger partial charge in [-0.3, -0.25) is 4.79 Å². The minimum Gasteiger partial charge on any atom is -0.443 e. The van der Waals surface area contributed by atoms with Gasteiger partial charge in [0.25, 0.3) is 0 Å². The summed E-state index contributed by atoms with van der Waals surface area (Å²) in [5.41, 5.74) is 7.78. The molecule has 0 radical (unpaired) electrons. The molecule has 1 saturated carbocycles. The fourth-order valence-electron chi connectivity index (χ4n) is 4.39. The van der Waals surface area contributed by atoms with Crippen LogP contribution in [-0.2, 0) is 10.2 Å². The van der Waals surface area contributed by atoms with Crippen LogP contribution in [0.2, 0.25) is 0 Å². The monoisotopic (exact) mass is 300 g/mol. The van der Waals surface area contributed by atoms with Crippen molar-refractivity contribution in [2.45, 2.75) is 45.4 Å². The Hall–Kier alpha value is -1.84. The van der Waals surface area contributed by atoms with Gasteiger partial charge in [-0.15, -0.1) is 0 Å². The number of rotatable bonds is 3. The highest BCUT2D eigenvalue weighted by Crippen LogP contribution is 2.50. The molecule has 1 aromatic carbocycles.